The molecule has 1 saturated heterocycles. The summed E-state index contributed by atoms with van der Waals surface area (Å²) in [6.07, 6.45) is 0. The summed E-state index contributed by atoms with van der Waals surface area (Å²) in [7, 11) is 3.62. The highest BCUT2D eigenvalue weighted by molar-refractivity contribution is 14.1. The third-order valence-corrected chi connectivity index (χ3v) is 1.42. The highest BCUT2D eigenvalue weighted by Crippen LogP contribution is 2.00. The van der Waals surface area contributed by atoms with Crippen LogP contribution in [0.2, 0.25) is 0 Å². The van der Waals surface area contributed by atoms with Crippen LogP contribution in [0.25, 0.3) is 0 Å². The van der Waals surface area contributed by atoms with E-state index in [0.29, 0.717) is 4.91 Å². The maximum atomic E-state index is 10.8. The summed E-state index contributed by atoms with van der Waals surface area (Å²) in [5.74, 6) is 0. The van der Waals surface area contributed by atoms with Gasteiger partial charge in [-0.25, -0.2) is 4.79 Å². The van der Waals surface area contributed by atoms with E-state index in [-0.39, 0.29) is 6.03 Å². The lowest BCUT2D eigenvalue weighted by molar-refractivity contribution is 0.205. The van der Waals surface area contributed by atoms with E-state index < -0.39 is 0 Å². The van der Waals surface area contributed by atoms with Crippen molar-refractivity contribution in [2.45, 2.75) is 0 Å². The molecule has 0 aromatic carbocycles. The van der Waals surface area contributed by atoms with Crippen molar-refractivity contribution >= 4 is 28.6 Å². The first kappa shape index (κ1) is 8.10. The molecule has 10 heavy (non-hydrogen) atoms. The fourth-order valence-electron chi connectivity index (χ4n) is 0.783. The van der Waals surface area contributed by atoms with Crippen molar-refractivity contribution in [1.82, 2.24) is 9.80 Å². The van der Waals surface area contributed by atoms with Crippen LogP contribution in [0.1, 0.15) is 1.37 Å². The third-order valence-electron chi connectivity index (χ3n) is 1.42. The minimum Gasteiger partial charge on any atom is -0.326 e. The average Bonchev–Trinajstić information content (AvgIpc) is 2.22. The molecule has 0 unspecified atom stereocenters. The number of alkyl halides is 1. The monoisotopic (exact) mass is 257 g/mol. The second-order valence-electron chi connectivity index (χ2n) is 2.13. The van der Waals surface area contributed by atoms with Crippen LogP contribution in [0.15, 0.2) is 0 Å². The number of carbonyl (C=O) groups excluding carboxylic acids is 1. The molecule has 0 spiro atoms. The van der Waals surface area contributed by atoms with Gasteiger partial charge in [0.15, 0.2) is 0 Å². The van der Waals surface area contributed by atoms with Gasteiger partial charge in [-0.15, -0.1) is 0 Å². The van der Waals surface area contributed by atoms with Crippen LogP contribution in [-0.2, 0) is 0 Å². The van der Waals surface area contributed by atoms with Crippen LogP contribution < -0.4 is 0 Å². The van der Waals surface area contributed by atoms with Crippen molar-refractivity contribution in [3.63, 3.8) is 0 Å². The number of halogens is 1. The Bertz CT molecular complexity index is 122. The molecule has 0 aromatic rings. The molecular formula is C6H13IN2O. The van der Waals surface area contributed by atoms with Gasteiger partial charge in [0, 0.05) is 28.6 Å². The van der Waals surface area contributed by atoms with Crippen molar-refractivity contribution in [2.75, 3.05) is 32.1 Å². The molecular weight excluding hydrogens is 243 g/mol. The molecule has 0 radical (unpaired) electrons. The van der Waals surface area contributed by atoms with Crippen molar-refractivity contribution in [3.8, 4) is 0 Å². The number of hydrogen-bond donors (Lipinski definition) is 0. The molecule has 0 N–H and O–H groups in total. The zero-order valence-corrected chi connectivity index (χ0v) is 8.46. The predicted molar refractivity (Wildman–Crippen MR) is 50.6 cm³/mol. The Labute approximate surface area is 76.9 Å². The normalized spacial score (nSPS) is 18.3. The fourth-order valence-corrected chi connectivity index (χ4v) is 0.783. The molecule has 0 saturated carbocycles. The first-order valence-corrected chi connectivity index (χ1v) is 4.47. The van der Waals surface area contributed by atoms with Crippen molar-refractivity contribution in [3.05, 3.63) is 0 Å². The van der Waals surface area contributed by atoms with E-state index in [0.717, 1.165) is 13.1 Å². The van der Waals surface area contributed by atoms with E-state index in [4.69, 9.17) is 1.37 Å². The number of amides is 2. The third kappa shape index (κ3) is 2.32. The lowest BCUT2D eigenvalue weighted by Gasteiger charge is -2.07. The van der Waals surface area contributed by atoms with E-state index in [1.165, 1.54) is 0 Å². The molecule has 0 atom stereocenters. The van der Waals surface area contributed by atoms with Gasteiger partial charge in [-0.2, -0.15) is 0 Å². The lowest BCUT2D eigenvalue weighted by Crippen LogP contribution is -2.25. The minimum absolute atomic E-state index is 0.130. The van der Waals surface area contributed by atoms with Gasteiger partial charge in [-0.3, -0.25) is 0 Å². The topological polar surface area (TPSA) is 23.6 Å². The molecule has 0 bridgehead atoms. The van der Waals surface area contributed by atoms with Crippen molar-refractivity contribution in [1.29, 1.82) is 0 Å². The van der Waals surface area contributed by atoms with Gasteiger partial charge in [0.1, 0.15) is 0 Å². The zero-order chi connectivity index (χ0) is 8.85. The quantitative estimate of drug-likeness (QED) is 0.469. The SMILES string of the molecule is CN1CCN(C)C1=O.[2H]CI. The van der Waals surface area contributed by atoms with Gasteiger partial charge in [-0.05, 0) is 4.91 Å². The summed E-state index contributed by atoms with van der Waals surface area (Å²) in [4.78, 5) is 14.6. The van der Waals surface area contributed by atoms with E-state index >= 15 is 0 Å². The molecule has 3 nitrogen and oxygen atoms in total. The molecule has 0 aromatic heterocycles. The standard InChI is InChI=1S/C5H10N2O.CH3I/c1-6-3-4-7(2)5(6)8;1-2/h3-4H2,1-2H3;1H3/i;1D. The predicted octanol–water partition coefficient (Wildman–Crippen LogP) is 1.03. The Morgan fingerprint density at radius 2 is 1.80 bits per heavy atom. The molecule has 1 aliphatic rings. The smallest absolute Gasteiger partial charge is 0.319 e. The number of carbonyl (C=O) groups is 1. The molecule has 60 valence electrons. The Hall–Kier alpha value is 0. The number of nitrogens with zero attached hydrogens (tertiary/aromatic N) is 2. The molecule has 1 aliphatic heterocycles. The average molecular weight is 257 g/mol. The fraction of sp³-hybridized carbons (Fsp3) is 0.833. The Kier molecular flexibility index (Phi) is 3.86. The Morgan fingerprint density at radius 3 is 1.90 bits per heavy atom. The summed E-state index contributed by atoms with van der Waals surface area (Å²) in [6.45, 7) is 1.74. The van der Waals surface area contributed by atoms with E-state index in [9.17, 15) is 4.79 Å². The summed E-state index contributed by atoms with van der Waals surface area (Å²) >= 11 is 1.96. The van der Waals surface area contributed by atoms with Gasteiger partial charge < -0.3 is 9.80 Å². The van der Waals surface area contributed by atoms with Crippen LogP contribution in [0.3, 0.4) is 0 Å². The minimum atomic E-state index is 0.130. The van der Waals surface area contributed by atoms with Crippen molar-refractivity contribution in [2.24, 2.45) is 0 Å². The number of urea groups is 1. The van der Waals surface area contributed by atoms with E-state index in [2.05, 4.69) is 0 Å². The van der Waals surface area contributed by atoms with Gasteiger partial charge in [-0.1, -0.05) is 22.6 Å². The van der Waals surface area contributed by atoms with Crippen LogP contribution in [0.5, 0.6) is 0 Å². The van der Waals surface area contributed by atoms with Crippen molar-refractivity contribution < 1.29 is 6.17 Å². The number of hydrogen-bond acceptors (Lipinski definition) is 1. The van der Waals surface area contributed by atoms with E-state index in [1.54, 1.807) is 9.80 Å². The second kappa shape index (κ2) is 4.76. The van der Waals surface area contributed by atoms with Crippen LogP contribution in [0.4, 0.5) is 4.79 Å². The highest BCUT2D eigenvalue weighted by atomic mass is 127. The Balaban J connectivity index is 0.000000292. The highest BCUT2D eigenvalue weighted by Gasteiger charge is 2.20. The molecule has 1 fully saturated rings. The molecule has 1 heterocycles. The van der Waals surface area contributed by atoms with Crippen LogP contribution in [0, 0.1) is 0 Å². The van der Waals surface area contributed by atoms with E-state index in [1.807, 2.05) is 36.7 Å². The maximum Gasteiger partial charge on any atom is 0.319 e. The molecule has 4 heteroatoms. The van der Waals surface area contributed by atoms with Gasteiger partial charge in [0.2, 0.25) is 0 Å². The largest absolute Gasteiger partial charge is 0.326 e. The van der Waals surface area contributed by atoms with Gasteiger partial charge in [0.25, 0.3) is 0 Å². The first-order chi connectivity index (χ1) is 5.13. The summed E-state index contributed by atoms with van der Waals surface area (Å²) < 4.78 is 6.20. The maximum absolute atomic E-state index is 10.8. The zero-order valence-electron chi connectivity index (χ0n) is 7.30. The second-order valence-corrected chi connectivity index (χ2v) is 2.13. The number of likely N-dealkylation sites (N-methyl/N-ethyl adjacent to an activating group) is 2. The Morgan fingerprint density at radius 1 is 1.50 bits per heavy atom. The first-order valence-electron chi connectivity index (χ1n) is 3.65. The van der Waals surface area contributed by atoms with Gasteiger partial charge >= 0.3 is 6.03 Å². The molecule has 0 aliphatic carbocycles. The number of rotatable bonds is 0. The summed E-state index contributed by atoms with van der Waals surface area (Å²) in [5, 5.41) is 0. The lowest BCUT2D eigenvalue weighted by atomic mass is 10.6. The summed E-state index contributed by atoms with van der Waals surface area (Å²) in [5.41, 5.74) is 0. The summed E-state index contributed by atoms with van der Waals surface area (Å²) in [6, 6.07) is 0.130. The molecule has 2 amide bonds. The van der Waals surface area contributed by atoms with Crippen LogP contribution >= 0.6 is 22.6 Å². The molecule has 1 rings (SSSR count). The van der Waals surface area contributed by atoms with Gasteiger partial charge in [0.05, 0.1) is 0 Å². The van der Waals surface area contributed by atoms with Crippen LogP contribution in [-0.4, -0.2) is 47.9 Å².